The normalized spacial score (nSPS) is 10.3. The Kier molecular flexibility index (Phi) is 7.67. The maximum absolute atomic E-state index is 12.2. The van der Waals surface area contributed by atoms with E-state index in [0.717, 1.165) is 22.4 Å². The number of carbonyl (C=O) groups is 2. The molecule has 10 heteroatoms. The lowest BCUT2D eigenvalue weighted by atomic mass is 10.2. The molecule has 2 rings (SSSR count). The molecule has 0 aliphatic carbocycles. The van der Waals surface area contributed by atoms with E-state index in [-0.39, 0.29) is 17.6 Å². The Labute approximate surface area is 160 Å². The predicted molar refractivity (Wildman–Crippen MR) is 105 cm³/mol. The summed E-state index contributed by atoms with van der Waals surface area (Å²) in [6.07, 6.45) is 1.00. The van der Waals surface area contributed by atoms with Gasteiger partial charge in [0.15, 0.2) is 4.34 Å². The van der Waals surface area contributed by atoms with E-state index in [1.807, 2.05) is 0 Å². The lowest BCUT2D eigenvalue weighted by Gasteiger charge is -2.12. The average Bonchev–Trinajstić information content (AvgIpc) is 3.06. The zero-order chi connectivity index (χ0) is 18.9. The minimum Gasteiger partial charge on any atom is -0.495 e. The largest absolute Gasteiger partial charge is 0.495 e. The van der Waals surface area contributed by atoms with Gasteiger partial charge < -0.3 is 20.7 Å². The molecule has 0 atom stereocenters. The number of aromatic nitrogens is 2. The molecule has 140 valence electrons. The Morgan fingerprint density at radius 3 is 2.77 bits per heavy atom. The molecule has 8 nitrogen and oxygen atoms in total. The van der Waals surface area contributed by atoms with Crippen LogP contribution >= 0.6 is 23.1 Å². The number of nitrogens with one attached hydrogen (secondary N) is 3. The summed E-state index contributed by atoms with van der Waals surface area (Å²) in [4.78, 5) is 23.4. The van der Waals surface area contributed by atoms with Crippen LogP contribution in [0.1, 0.15) is 20.3 Å². The molecule has 0 aliphatic rings. The van der Waals surface area contributed by atoms with Gasteiger partial charge in [0.2, 0.25) is 16.9 Å². The van der Waals surface area contributed by atoms with Crippen molar-refractivity contribution in [2.75, 3.05) is 35.4 Å². The number of carbonyl (C=O) groups excluding carboxylic acids is 2. The first kappa shape index (κ1) is 20.0. The van der Waals surface area contributed by atoms with Crippen LogP contribution in [0, 0.1) is 0 Å². The van der Waals surface area contributed by atoms with Gasteiger partial charge in [0.05, 0.1) is 18.6 Å². The minimum atomic E-state index is -0.202. The van der Waals surface area contributed by atoms with E-state index in [4.69, 9.17) is 4.74 Å². The van der Waals surface area contributed by atoms with Gasteiger partial charge in [-0.25, -0.2) is 0 Å². The molecule has 0 saturated heterocycles. The standard InChI is InChI=1S/C16H21N5O3S2/c1-4-7-17-15-20-21-16(26-15)25-9-14(23)19-12-8-11(18-10(2)22)5-6-13(12)24-3/h5-6,8H,4,7,9H2,1-3H3,(H,17,20)(H,18,22)(H,19,23). The van der Waals surface area contributed by atoms with Crippen molar-refractivity contribution in [3.05, 3.63) is 18.2 Å². The molecule has 2 amide bonds. The number of methoxy groups -OCH3 is 1. The monoisotopic (exact) mass is 395 g/mol. The number of benzene rings is 1. The lowest BCUT2D eigenvalue weighted by Crippen LogP contribution is -2.15. The molecule has 1 heterocycles. The summed E-state index contributed by atoms with van der Waals surface area (Å²) in [7, 11) is 1.52. The van der Waals surface area contributed by atoms with E-state index in [2.05, 4.69) is 33.1 Å². The van der Waals surface area contributed by atoms with E-state index in [1.165, 1.54) is 37.1 Å². The zero-order valence-corrected chi connectivity index (χ0v) is 16.4. The summed E-state index contributed by atoms with van der Waals surface area (Å²) in [6, 6.07) is 5.04. The Balaban J connectivity index is 1.94. The Bertz CT molecular complexity index is 766. The van der Waals surface area contributed by atoms with Crippen LogP contribution in [0.15, 0.2) is 22.5 Å². The molecule has 0 aliphatic heterocycles. The second kappa shape index (κ2) is 9.97. The maximum Gasteiger partial charge on any atom is 0.234 e. The van der Waals surface area contributed by atoms with Gasteiger partial charge in [-0.2, -0.15) is 0 Å². The maximum atomic E-state index is 12.2. The second-order valence-corrected chi connectivity index (χ2v) is 7.43. The fraction of sp³-hybridized carbons (Fsp3) is 0.375. The highest BCUT2D eigenvalue weighted by Gasteiger charge is 2.12. The van der Waals surface area contributed by atoms with Crippen LogP contribution in [0.2, 0.25) is 0 Å². The van der Waals surface area contributed by atoms with Gasteiger partial charge in [-0.05, 0) is 24.6 Å². The van der Waals surface area contributed by atoms with Crippen LogP contribution in [0.3, 0.4) is 0 Å². The molecule has 1 aromatic carbocycles. The minimum absolute atomic E-state index is 0.188. The van der Waals surface area contributed by atoms with Crippen LogP contribution in [-0.4, -0.2) is 41.4 Å². The Morgan fingerprint density at radius 1 is 1.27 bits per heavy atom. The van der Waals surface area contributed by atoms with Gasteiger partial charge in [-0.1, -0.05) is 30.0 Å². The molecule has 3 N–H and O–H groups in total. The van der Waals surface area contributed by atoms with E-state index in [1.54, 1.807) is 18.2 Å². The summed E-state index contributed by atoms with van der Waals surface area (Å²) in [6.45, 7) is 4.33. The van der Waals surface area contributed by atoms with Crippen molar-refractivity contribution in [1.29, 1.82) is 0 Å². The molecule has 0 saturated carbocycles. The van der Waals surface area contributed by atoms with Crippen molar-refractivity contribution in [2.24, 2.45) is 0 Å². The molecule has 0 bridgehead atoms. The topological polar surface area (TPSA) is 105 Å². The molecule has 2 aromatic rings. The molecule has 0 fully saturated rings. The number of hydrogen-bond acceptors (Lipinski definition) is 8. The molecule has 0 radical (unpaired) electrons. The van der Waals surface area contributed by atoms with Crippen molar-refractivity contribution >= 4 is 51.4 Å². The number of ether oxygens (including phenoxy) is 1. The first-order valence-electron chi connectivity index (χ1n) is 7.97. The van der Waals surface area contributed by atoms with Crippen LogP contribution in [-0.2, 0) is 9.59 Å². The molecule has 0 spiro atoms. The molecular weight excluding hydrogens is 374 g/mol. The Morgan fingerprint density at radius 2 is 2.08 bits per heavy atom. The number of nitrogens with zero attached hydrogens (tertiary/aromatic N) is 2. The van der Waals surface area contributed by atoms with E-state index in [9.17, 15) is 9.59 Å². The fourth-order valence-electron chi connectivity index (χ4n) is 1.97. The summed E-state index contributed by atoms with van der Waals surface area (Å²) >= 11 is 2.73. The summed E-state index contributed by atoms with van der Waals surface area (Å²) in [5.41, 5.74) is 1.07. The first-order valence-corrected chi connectivity index (χ1v) is 9.77. The smallest absolute Gasteiger partial charge is 0.234 e. The van der Waals surface area contributed by atoms with Gasteiger partial charge in [0.1, 0.15) is 5.75 Å². The highest BCUT2D eigenvalue weighted by molar-refractivity contribution is 8.01. The van der Waals surface area contributed by atoms with Gasteiger partial charge in [-0.3, -0.25) is 9.59 Å². The molecule has 1 aromatic heterocycles. The molecule has 26 heavy (non-hydrogen) atoms. The van der Waals surface area contributed by atoms with Crippen molar-refractivity contribution < 1.29 is 14.3 Å². The van der Waals surface area contributed by atoms with E-state index in [0.29, 0.717) is 17.1 Å². The third-order valence-corrected chi connectivity index (χ3v) is 5.07. The van der Waals surface area contributed by atoms with Gasteiger partial charge in [0, 0.05) is 19.2 Å². The summed E-state index contributed by atoms with van der Waals surface area (Å²) in [5.74, 6) is 0.313. The van der Waals surface area contributed by atoms with E-state index < -0.39 is 0 Å². The van der Waals surface area contributed by atoms with Gasteiger partial charge >= 0.3 is 0 Å². The highest BCUT2D eigenvalue weighted by atomic mass is 32.2. The number of rotatable bonds is 9. The molecule has 0 unspecified atom stereocenters. The van der Waals surface area contributed by atoms with Crippen LogP contribution < -0.4 is 20.7 Å². The van der Waals surface area contributed by atoms with Crippen molar-refractivity contribution in [1.82, 2.24) is 10.2 Å². The van der Waals surface area contributed by atoms with Crippen molar-refractivity contribution in [3.63, 3.8) is 0 Å². The second-order valence-electron chi connectivity index (χ2n) is 5.23. The number of anilines is 3. The average molecular weight is 396 g/mol. The van der Waals surface area contributed by atoms with Crippen molar-refractivity contribution in [2.45, 2.75) is 24.6 Å². The van der Waals surface area contributed by atoms with Crippen LogP contribution in [0.4, 0.5) is 16.5 Å². The number of thioether (sulfide) groups is 1. The van der Waals surface area contributed by atoms with Crippen molar-refractivity contribution in [3.8, 4) is 5.75 Å². The first-order chi connectivity index (χ1) is 12.5. The summed E-state index contributed by atoms with van der Waals surface area (Å²) < 4.78 is 5.97. The third kappa shape index (κ3) is 6.19. The van der Waals surface area contributed by atoms with Gasteiger partial charge in [-0.15, -0.1) is 10.2 Å². The Hall–Kier alpha value is -2.33. The number of hydrogen-bond donors (Lipinski definition) is 3. The SMILES string of the molecule is CCCNc1nnc(SCC(=O)Nc2cc(NC(C)=O)ccc2OC)s1. The van der Waals surface area contributed by atoms with Gasteiger partial charge in [0.25, 0.3) is 0 Å². The predicted octanol–water partition coefficient (Wildman–Crippen LogP) is 3.06. The van der Waals surface area contributed by atoms with E-state index >= 15 is 0 Å². The van der Waals surface area contributed by atoms with Crippen LogP contribution in [0.5, 0.6) is 5.75 Å². The fourth-order valence-corrected chi connectivity index (χ4v) is 3.55. The van der Waals surface area contributed by atoms with Crippen LogP contribution in [0.25, 0.3) is 0 Å². The quantitative estimate of drug-likeness (QED) is 0.560. The third-order valence-electron chi connectivity index (χ3n) is 3.05. The summed E-state index contributed by atoms with van der Waals surface area (Å²) in [5, 5.41) is 17.4. The molecular formula is C16H21N5O3S2. The lowest BCUT2D eigenvalue weighted by molar-refractivity contribution is -0.114. The highest BCUT2D eigenvalue weighted by Crippen LogP contribution is 2.29. The zero-order valence-electron chi connectivity index (χ0n) is 14.8. The number of amides is 2.